The molecule has 148 valence electrons. The van der Waals surface area contributed by atoms with Crippen LogP contribution in [0.3, 0.4) is 0 Å². The molecule has 0 radical (unpaired) electrons. The number of hydrogen-bond donors (Lipinski definition) is 1. The number of rotatable bonds is 6. The van der Waals surface area contributed by atoms with Gasteiger partial charge in [-0.1, -0.05) is 11.3 Å². The fourth-order valence-corrected chi connectivity index (χ4v) is 4.60. The number of halogens is 2. The molecule has 0 atom stereocenters. The van der Waals surface area contributed by atoms with Crippen molar-refractivity contribution in [3.05, 3.63) is 76.9 Å². The van der Waals surface area contributed by atoms with E-state index in [9.17, 15) is 13.6 Å². The second kappa shape index (κ2) is 8.34. The number of amides is 1. The number of benzene rings is 2. The molecule has 2 aromatic carbocycles. The van der Waals surface area contributed by atoms with Gasteiger partial charge in [-0.05, 0) is 55.5 Å². The van der Waals surface area contributed by atoms with Crippen LogP contribution in [0.4, 0.5) is 8.78 Å². The topological polar surface area (TPSA) is 46.4 Å². The number of nitrogens with one attached hydrogen (secondary N) is 1. The molecule has 0 aliphatic rings. The van der Waals surface area contributed by atoms with Gasteiger partial charge in [-0.3, -0.25) is 9.20 Å². The molecule has 0 unspecified atom stereocenters. The van der Waals surface area contributed by atoms with E-state index in [1.165, 1.54) is 47.4 Å². The molecule has 2 heterocycles. The predicted molar refractivity (Wildman–Crippen MR) is 112 cm³/mol. The van der Waals surface area contributed by atoms with Crippen molar-refractivity contribution in [1.82, 2.24) is 14.7 Å². The molecule has 0 aliphatic heterocycles. The Balaban J connectivity index is 1.38. The van der Waals surface area contributed by atoms with Crippen molar-refractivity contribution in [1.29, 1.82) is 0 Å². The summed E-state index contributed by atoms with van der Waals surface area (Å²) in [6, 6.07) is 12.3. The Morgan fingerprint density at radius 2 is 1.76 bits per heavy atom. The highest BCUT2D eigenvalue weighted by Gasteiger charge is 2.13. The van der Waals surface area contributed by atoms with Gasteiger partial charge >= 0.3 is 0 Å². The van der Waals surface area contributed by atoms with E-state index in [0.29, 0.717) is 6.54 Å². The molecule has 0 bridgehead atoms. The van der Waals surface area contributed by atoms with Gasteiger partial charge in [-0.2, -0.15) is 0 Å². The molecule has 1 N–H and O–H groups in total. The molecular weight excluding hydrogens is 412 g/mol. The van der Waals surface area contributed by atoms with Crippen LogP contribution in [0.2, 0.25) is 0 Å². The molecule has 0 saturated carbocycles. The summed E-state index contributed by atoms with van der Waals surface area (Å²) in [5, 5.41) is 2.92. The summed E-state index contributed by atoms with van der Waals surface area (Å²) in [7, 11) is 0. The number of carbonyl (C=O) groups is 1. The van der Waals surface area contributed by atoms with Crippen LogP contribution in [0.25, 0.3) is 16.2 Å². The van der Waals surface area contributed by atoms with Crippen LogP contribution in [0.5, 0.6) is 0 Å². The predicted octanol–water partition coefficient (Wildman–Crippen LogP) is 5.06. The molecule has 1 amide bonds. The molecule has 4 rings (SSSR count). The van der Waals surface area contributed by atoms with Gasteiger partial charge in [0.1, 0.15) is 11.6 Å². The summed E-state index contributed by atoms with van der Waals surface area (Å²) in [6.07, 6.45) is 1.92. The molecule has 0 saturated heterocycles. The monoisotopic (exact) mass is 429 g/mol. The third-order valence-electron chi connectivity index (χ3n) is 4.42. The number of thioether (sulfide) groups is 1. The maximum atomic E-state index is 13.1. The summed E-state index contributed by atoms with van der Waals surface area (Å²) < 4.78 is 28.0. The van der Waals surface area contributed by atoms with Crippen LogP contribution in [-0.2, 0) is 11.3 Å². The number of carbonyl (C=O) groups excluding carboxylic acids is 1. The SMILES string of the molecule is Cc1c(CNC(=O)CSc2ccc(F)cc2)sc2nc(-c3ccc(F)cc3)cn12. The molecule has 2 aromatic heterocycles. The van der Waals surface area contributed by atoms with Gasteiger partial charge in [0.2, 0.25) is 5.91 Å². The normalized spacial score (nSPS) is 11.1. The van der Waals surface area contributed by atoms with Gasteiger partial charge in [0.05, 0.1) is 18.0 Å². The summed E-state index contributed by atoms with van der Waals surface area (Å²) in [6.45, 7) is 2.41. The average Bonchev–Trinajstić information content (AvgIpc) is 3.26. The fourth-order valence-electron chi connectivity index (χ4n) is 2.83. The van der Waals surface area contributed by atoms with E-state index in [2.05, 4.69) is 10.3 Å². The van der Waals surface area contributed by atoms with Gasteiger partial charge in [-0.25, -0.2) is 13.8 Å². The standard InChI is InChI=1S/C21H17F2N3OS2/c1-13-19(10-24-20(27)12-28-17-8-6-16(23)7-9-17)29-21-25-18(11-26(13)21)14-2-4-15(22)5-3-14/h2-9,11H,10,12H2,1H3,(H,24,27). The minimum absolute atomic E-state index is 0.0863. The molecule has 0 aliphatic carbocycles. The van der Waals surface area contributed by atoms with E-state index in [4.69, 9.17) is 0 Å². The first-order valence-electron chi connectivity index (χ1n) is 8.88. The Morgan fingerprint density at radius 3 is 2.41 bits per heavy atom. The molecule has 8 heteroatoms. The number of aromatic nitrogens is 2. The largest absolute Gasteiger partial charge is 0.350 e. The van der Waals surface area contributed by atoms with Crippen LogP contribution in [0.1, 0.15) is 10.6 Å². The number of hydrogen-bond acceptors (Lipinski definition) is 4. The molecule has 29 heavy (non-hydrogen) atoms. The number of thiazole rings is 1. The zero-order valence-corrected chi connectivity index (χ0v) is 17.1. The van der Waals surface area contributed by atoms with Crippen LogP contribution in [0, 0.1) is 18.6 Å². The highest BCUT2D eigenvalue weighted by molar-refractivity contribution is 8.00. The van der Waals surface area contributed by atoms with E-state index in [-0.39, 0.29) is 23.3 Å². The Hall–Kier alpha value is -2.71. The smallest absolute Gasteiger partial charge is 0.230 e. The number of nitrogens with zero attached hydrogens (tertiary/aromatic N) is 2. The maximum Gasteiger partial charge on any atom is 0.230 e. The Morgan fingerprint density at radius 1 is 1.10 bits per heavy atom. The fraction of sp³-hybridized carbons (Fsp3) is 0.143. The third-order valence-corrected chi connectivity index (χ3v) is 6.59. The summed E-state index contributed by atoms with van der Waals surface area (Å²) in [5.74, 6) is -0.389. The van der Waals surface area contributed by atoms with E-state index in [1.807, 2.05) is 17.5 Å². The summed E-state index contributed by atoms with van der Waals surface area (Å²) >= 11 is 2.88. The van der Waals surface area contributed by atoms with Gasteiger partial charge in [0, 0.05) is 27.2 Å². The Bertz CT molecular complexity index is 1150. The summed E-state index contributed by atoms with van der Waals surface area (Å²) in [4.78, 5) is 19.4. The molecule has 4 nitrogen and oxygen atoms in total. The van der Waals surface area contributed by atoms with Crippen molar-refractivity contribution in [2.24, 2.45) is 0 Å². The van der Waals surface area contributed by atoms with Crippen molar-refractivity contribution >= 4 is 34.0 Å². The second-order valence-electron chi connectivity index (χ2n) is 6.42. The number of aryl methyl sites for hydroxylation is 1. The van der Waals surface area contributed by atoms with Crippen LogP contribution >= 0.6 is 23.1 Å². The zero-order chi connectivity index (χ0) is 20.4. The molecular formula is C21H17F2N3OS2. The maximum absolute atomic E-state index is 13.1. The zero-order valence-electron chi connectivity index (χ0n) is 15.5. The third kappa shape index (κ3) is 4.49. The van der Waals surface area contributed by atoms with Crippen molar-refractivity contribution < 1.29 is 13.6 Å². The van der Waals surface area contributed by atoms with Crippen LogP contribution in [0.15, 0.2) is 59.6 Å². The lowest BCUT2D eigenvalue weighted by atomic mass is 10.2. The van der Waals surface area contributed by atoms with E-state index in [0.717, 1.165) is 31.7 Å². The molecule has 0 spiro atoms. The first kappa shape index (κ1) is 19.6. The lowest BCUT2D eigenvalue weighted by Crippen LogP contribution is -2.24. The minimum Gasteiger partial charge on any atom is -0.350 e. The van der Waals surface area contributed by atoms with E-state index >= 15 is 0 Å². The molecule has 4 aromatic rings. The van der Waals surface area contributed by atoms with Crippen molar-refractivity contribution in [3.63, 3.8) is 0 Å². The lowest BCUT2D eigenvalue weighted by Gasteiger charge is -2.05. The molecule has 0 fully saturated rings. The van der Waals surface area contributed by atoms with Gasteiger partial charge in [0.15, 0.2) is 4.96 Å². The number of fused-ring (bicyclic) bond motifs is 1. The van der Waals surface area contributed by atoms with Crippen LogP contribution < -0.4 is 5.32 Å². The van der Waals surface area contributed by atoms with E-state index < -0.39 is 0 Å². The van der Waals surface area contributed by atoms with Gasteiger partial charge < -0.3 is 5.32 Å². The van der Waals surface area contributed by atoms with E-state index in [1.54, 1.807) is 24.3 Å². The highest BCUT2D eigenvalue weighted by Crippen LogP contribution is 2.27. The van der Waals surface area contributed by atoms with Crippen molar-refractivity contribution in [2.45, 2.75) is 18.4 Å². The van der Waals surface area contributed by atoms with Gasteiger partial charge in [0.25, 0.3) is 0 Å². The minimum atomic E-state index is -0.292. The van der Waals surface area contributed by atoms with Gasteiger partial charge in [-0.15, -0.1) is 11.8 Å². The second-order valence-corrected chi connectivity index (χ2v) is 8.53. The summed E-state index contributed by atoms with van der Waals surface area (Å²) in [5.41, 5.74) is 2.65. The lowest BCUT2D eigenvalue weighted by molar-refractivity contribution is -0.118. The number of imidazole rings is 1. The van der Waals surface area contributed by atoms with Crippen molar-refractivity contribution in [2.75, 3.05) is 5.75 Å². The van der Waals surface area contributed by atoms with Crippen molar-refractivity contribution in [3.8, 4) is 11.3 Å². The highest BCUT2D eigenvalue weighted by atomic mass is 32.2. The Kier molecular flexibility index (Phi) is 5.64. The average molecular weight is 430 g/mol. The van der Waals surface area contributed by atoms with Crippen LogP contribution in [-0.4, -0.2) is 21.0 Å². The Labute approximate surface area is 174 Å². The first-order valence-corrected chi connectivity index (χ1v) is 10.7. The first-order chi connectivity index (χ1) is 14.0. The quantitative estimate of drug-likeness (QED) is 0.436.